The highest BCUT2D eigenvalue weighted by Crippen LogP contribution is 2.28. The number of carbonyl (C=O) groups is 2. The van der Waals surface area contributed by atoms with Crippen LogP contribution in [0.3, 0.4) is 0 Å². The molecule has 1 aromatic carbocycles. The summed E-state index contributed by atoms with van der Waals surface area (Å²) in [5.74, 6) is -0.749. The Morgan fingerprint density at radius 1 is 1.26 bits per heavy atom. The number of Topliss-reactive ketones (excluding diaryl/α,β-unsaturated/α-hetero) is 1. The van der Waals surface area contributed by atoms with E-state index in [0.717, 1.165) is 5.56 Å². The summed E-state index contributed by atoms with van der Waals surface area (Å²) in [6, 6.07) is 5.37. The van der Waals surface area contributed by atoms with E-state index in [0.29, 0.717) is 17.9 Å². The van der Waals surface area contributed by atoms with Crippen molar-refractivity contribution in [3.05, 3.63) is 29.3 Å². The number of likely N-dealkylation sites (N-methyl/N-ethyl adjacent to an activating group) is 1. The highest BCUT2D eigenvalue weighted by atomic mass is 16.5. The summed E-state index contributed by atoms with van der Waals surface area (Å²) in [4.78, 5) is 23.8. The van der Waals surface area contributed by atoms with Crippen LogP contribution in [0.5, 0.6) is 5.75 Å². The van der Waals surface area contributed by atoms with Gasteiger partial charge < -0.3 is 10.1 Å². The van der Waals surface area contributed by atoms with Gasteiger partial charge in [0.1, 0.15) is 5.75 Å². The lowest BCUT2D eigenvalue weighted by atomic mass is 9.85. The van der Waals surface area contributed by atoms with Crippen LogP contribution in [-0.2, 0) is 10.2 Å². The van der Waals surface area contributed by atoms with E-state index in [4.69, 9.17) is 4.74 Å². The van der Waals surface area contributed by atoms with E-state index in [-0.39, 0.29) is 5.41 Å². The molecule has 19 heavy (non-hydrogen) atoms. The number of ether oxygens (including phenoxy) is 1. The number of carbonyl (C=O) groups excluding carboxylic acids is 2. The van der Waals surface area contributed by atoms with Crippen molar-refractivity contribution in [1.29, 1.82) is 0 Å². The number of nitrogens with one attached hydrogen (secondary N) is 1. The maximum absolute atomic E-state index is 12.1. The van der Waals surface area contributed by atoms with Crippen molar-refractivity contribution in [3.63, 3.8) is 0 Å². The molecule has 4 heteroatoms. The number of benzene rings is 1. The molecule has 0 aliphatic carbocycles. The van der Waals surface area contributed by atoms with E-state index in [1.165, 1.54) is 7.11 Å². The fourth-order valence-corrected chi connectivity index (χ4v) is 1.72. The average Bonchev–Trinajstić information content (AvgIpc) is 2.36. The topological polar surface area (TPSA) is 55.4 Å². The maximum atomic E-state index is 12.1. The summed E-state index contributed by atoms with van der Waals surface area (Å²) in [5, 5.41) is 2.51. The number of hydrogen-bond acceptors (Lipinski definition) is 3. The summed E-state index contributed by atoms with van der Waals surface area (Å²) in [6.45, 7) is 8.35. The SMILES string of the molecule is CCNC(=O)C(=O)c1cc(C(C)(C)C)ccc1OC. The zero-order chi connectivity index (χ0) is 14.6. The third-order valence-corrected chi connectivity index (χ3v) is 2.85. The lowest BCUT2D eigenvalue weighted by Gasteiger charge is -2.20. The van der Waals surface area contributed by atoms with Crippen LogP contribution in [0.15, 0.2) is 18.2 Å². The molecular formula is C15H21NO3. The smallest absolute Gasteiger partial charge is 0.292 e. The standard InChI is InChI=1S/C15H21NO3/c1-6-16-14(18)13(17)11-9-10(15(2,3)4)7-8-12(11)19-5/h7-9H,6H2,1-5H3,(H,16,18). The first-order chi connectivity index (χ1) is 8.81. The summed E-state index contributed by atoms with van der Waals surface area (Å²) in [5.41, 5.74) is 1.20. The van der Waals surface area contributed by atoms with Crippen LogP contribution >= 0.6 is 0 Å². The summed E-state index contributed by atoms with van der Waals surface area (Å²) < 4.78 is 5.16. The molecule has 0 unspecified atom stereocenters. The molecule has 4 nitrogen and oxygen atoms in total. The third-order valence-electron chi connectivity index (χ3n) is 2.85. The predicted octanol–water partition coefficient (Wildman–Crippen LogP) is 2.31. The van der Waals surface area contributed by atoms with Crippen LogP contribution in [0, 0.1) is 0 Å². The van der Waals surface area contributed by atoms with E-state index in [1.54, 1.807) is 19.1 Å². The van der Waals surface area contributed by atoms with Gasteiger partial charge in [0, 0.05) is 6.54 Å². The van der Waals surface area contributed by atoms with Gasteiger partial charge in [-0.1, -0.05) is 26.8 Å². The Labute approximate surface area is 114 Å². The Morgan fingerprint density at radius 2 is 1.89 bits per heavy atom. The molecule has 0 saturated carbocycles. The van der Waals surface area contributed by atoms with Gasteiger partial charge in [-0.2, -0.15) is 0 Å². The highest BCUT2D eigenvalue weighted by Gasteiger charge is 2.23. The molecule has 0 fully saturated rings. The highest BCUT2D eigenvalue weighted by molar-refractivity contribution is 6.43. The Hall–Kier alpha value is -1.84. The molecule has 0 saturated heterocycles. The molecule has 0 aliphatic rings. The van der Waals surface area contributed by atoms with Crippen molar-refractivity contribution >= 4 is 11.7 Å². The number of amides is 1. The second-order valence-electron chi connectivity index (χ2n) is 5.35. The molecule has 0 spiro atoms. The Morgan fingerprint density at radius 3 is 2.37 bits per heavy atom. The van der Waals surface area contributed by atoms with Gasteiger partial charge in [0.05, 0.1) is 12.7 Å². The minimum absolute atomic E-state index is 0.0947. The van der Waals surface area contributed by atoms with Gasteiger partial charge in [-0.25, -0.2) is 0 Å². The van der Waals surface area contributed by atoms with Crippen molar-refractivity contribution in [2.45, 2.75) is 33.1 Å². The van der Waals surface area contributed by atoms with Gasteiger partial charge in [-0.05, 0) is 30.0 Å². The van der Waals surface area contributed by atoms with Crippen LogP contribution in [0.2, 0.25) is 0 Å². The molecule has 0 bridgehead atoms. The first-order valence-electron chi connectivity index (χ1n) is 6.32. The van der Waals surface area contributed by atoms with Crippen molar-refractivity contribution in [1.82, 2.24) is 5.32 Å². The maximum Gasteiger partial charge on any atom is 0.292 e. The number of methoxy groups -OCH3 is 1. The quantitative estimate of drug-likeness (QED) is 0.670. The lowest BCUT2D eigenvalue weighted by Crippen LogP contribution is -2.31. The molecule has 1 amide bonds. The van der Waals surface area contributed by atoms with Gasteiger partial charge in [0.25, 0.3) is 11.7 Å². The van der Waals surface area contributed by atoms with Gasteiger partial charge in [0.2, 0.25) is 0 Å². The molecule has 1 N–H and O–H groups in total. The number of rotatable bonds is 4. The van der Waals surface area contributed by atoms with Gasteiger partial charge in [-0.3, -0.25) is 9.59 Å². The van der Waals surface area contributed by atoms with Crippen LogP contribution in [0.1, 0.15) is 43.6 Å². The Balaban J connectivity index is 3.23. The van der Waals surface area contributed by atoms with Crippen molar-refractivity contribution in [2.75, 3.05) is 13.7 Å². The first kappa shape index (κ1) is 15.2. The fraction of sp³-hybridized carbons (Fsp3) is 0.467. The number of ketones is 1. The average molecular weight is 263 g/mol. The van der Waals surface area contributed by atoms with E-state index in [2.05, 4.69) is 26.1 Å². The van der Waals surface area contributed by atoms with E-state index in [1.807, 2.05) is 6.07 Å². The van der Waals surface area contributed by atoms with Crippen LogP contribution in [0.4, 0.5) is 0 Å². The van der Waals surface area contributed by atoms with Crippen molar-refractivity contribution in [3.8, 4) is 5.75 Å². The van der Waals surface area contributed by atoms with E-state index < -0.39 is 11.7 Å². The lowest BCUT2D eigenvalue weighted by molar-refractivity contribution is -0.116. The van der Waals surface area contributed by atoms with Crippen molar-refractivity contribution in [2.24, 2.45) is 0 Å². The minimum atomic E-state index is -0.605. The molecule has 0 atom stereocenters. The van der Waals surface area contributed by atoms with Gasteiger partial charge in [0.15, 0.2) is 0 Å². The van der Waals surface area contributed by atoms with Crippen LogP contribution in [-0.4, -0.2) is 25.3 Å². The van der Waals surface area contributed by atoms with Crippen LogP contribution < -0.4 is 10.1 Å². The molecule has 0 heterocycles. The zero-order valence-corrected chi connectivity index (χ0v) is 12.2. The normalized spacial score (nSPS) is 11.0. The molecule has 0 radical (unpaired) electrons. The first-order valence-corrected chi connectivity index (χ1v) is 6.32. The molecule has 0 aliphatic heterocycles. The van der Waals surface area contributed by atoms with E-state index >= 15 is 0 Å². The summed E-state index contributed by atoms with van der Waals surface area (Å²) in [6.07, 6.45) is 0. The fourth-order valence-electron chi connectivity index (χ4n) is 1.72. The largest absolute Gasteiger partial charge is 0.496 e. The molecule has 0 aromatic heterocycles. The number of hydrogen-bond donors (Lipinski definition) is 1. The molecule has 1 aromatic rings. The molecular weight excluding hydrogens is 242 g/mol. The Bertz CT molecular complexity index is 487. The van der Waals surface area contributed by atoms with Gasteiger partial charge in [-0.15, -0.1) is 0 Å². The molecule has 1 rings (SSSR count). The van der Waals surface area contributed by atoms with Crippen LogP contribution in [0.25, 0.3) is 0 Å². The minimum Gasteiger partial charge on any atom is -0.496 e. The van der Waals surface area contributed by atoms with Crippen molar-refractivity contribution < 1.29 is 14.3 Å². The summed E-state index contributed by atoms with van der Waals surface area (Å²) in [7, 11) is 1.49. The van der Waals surface area contributed by atoms with E-state index in [9.17, 15) is 9.59 Å². The Kier molecular flexibility index (Phi) is 4.70. The third kappa shape index (κ3) is 3.56. The predicted molar refractivity (Wildman–Crippen MR) is 74.7 cm³/mol. The molecule has 104 valence electrons. The second-order valence-corrected chi connectivity index (χ2v) is 5.35. The van der Waals surface area contributed by atoms with Gasteiger partial charge >= 0.3 is 0 Å². The monoisotopic (exact) mass is 263 g/mol. The summed E-state index contributed by atoms with van der Waals surface area (Å²) >= 11 is 0. The zero-order valence-electron chi connectivity index (χ0n) is 12.2. The second kappa shape index (κ2) is 5.87.